The molecule has 0 atom stereocenters. The number of carbonyl (C=O) groups excluding carboxylic acids is 1. The Kier molecular flexibility index (Phi) is 5.29. The van der Waals surface area contributed by atoms with Crippen LogP contribution in [0.2, 0.25) is 5.02 Å². The van der Waals surface area contributed by atoms with Gasteiger partial charge in [-0.15, -0.1) is 10.2 Å². The lowest BCUT2D eigenvalue weighted by Gasteiger charge is -2.06. The number of ether oxygens (including phenoxy) is 1. The zero-order chi connectivity index (χ0) is 18.8. The van der Waals surface area contributed by atoms with Gasteiger partial charge < -0.3 is 14.8 Å². The van der Waals surface area contributed by atoms with Crippen LogP contribution in [0.4, 0.5) is 5.69 Å². The number of halogens is 2. The summed E-state index contributed by atoms with van der Waals surface area (Å²) < 4.78 is 6.22. The topological polar surface area (TPSA) is 87.0 Å². The van der Waals surface area contributed by atoms with Gasteiger partial charge in [0.2, 0.25) is 5.88 Å². The minimum Gasteiger partial charge on any atom is -0.493 e. The predicted octanol–water partition coefficient (Wildman–Crippen LogP) is 5.60. The van der Waals surface area contributed by atoms with Gasteiger partial charge in [0.1, 0.15) is 5.75 Å². The summed E-state index contributed by atoms with van der Waals surface area (Å²) in [6.45, 7) is 3.48. The van der Waals surface area contributed by atoms with Crippen molar-refractivity contribution < 1.29 is 14.6 Å². The number of azo groups is 1. The normalized spacial score (nSPS) is 11.4. The number of benzene rings is 2. The fraction of sp³-hybridized carbons (Fsp3) is 0.167. The molecule has 0 aliphatic heterocycles. The number of rotatable bonds is 4. The second kappa shape index (κ2) is 7.47. The molecule has 134 valence electrons. The Morgan fingerprint density at radius 1 is 1.27 bits per heavy atom. The molecule has 1 heterocycles. The Bertz CT molecular complexity index is 1030. The second-order valence-corrected chi connectivity index (χ2v) is 6.96. The Balaban J connectivity index is 1.77. The lowest BCUT2D eigenvalue weighted by Crippen LogP contribution is -2.08. The van der Waals surface area contributed by atoms with E-state index in [2.05, 4.69) is 31.1 Å². The van der Waals surface area contributed by atoms with Crippen molar-refractivity contribution in [3.63, 3.8) is 0 Å². The Morgan fingerprint density at radius 3 is 2.77 bits per heavy atom. The van der Waals surface area contributed by atoms with E-state index in [1.54, 1.807) is 18.2 Å². The Hall–Kier alpha value is -2.38. The van der Waals surface area contributed by atoms with Gasteiger partial charge in [-0.25, -0.2) is 0 Å². The third-order valence-corrected chi connectivity index (χ3v) is 5.06. The summed E-state index contributed by atoms with van der Waals surface area (Å²) in [6.07, 6.45) is 0. The number of nitrogens with zero attached hydrogens (tertiary/aromatic N) is 2. The average molecular weight is 437 g/mol. The largest absolute Gasteiger partial charge is 0.493 e. The molecular formula is C18H15BrClN3O3. The molecule has 2 N–H and O–H groups in total. The number of aryl methyl sites for hydroxylation is 2. The van der Waals surface area contributed by atoms with E-state index in [1.165, 1.54) is 0 Å². The zero-order valence-corrected chi connectivity index (χ0v) is 16.3. The summed E-state index contributed by atoms with van der Waals surface area (Å²) in [5.74, 6) is -0.180. The van der Waals surface area contributed by atoms with Crippen LogP contribution in [0.5, 0.6) is 11.6 Å². The Labute approximate surface area is 163 Å². The molecule has 0 spiro atoms. The molecule has 0 fully saturated rings. The molecule has 2 aromatic carbocycles. The standard InChI is InChI=1S/C18H15BrClN3O3/c1-9-3-5-12-15(16(9)19)17(18(25)21-12)23-22-14(24)8-26-13-6-4-11(20)7-10(13)2/h3-7,21,25H,8H2,1-2H3. The van der Waals surface area contributed by atoms with Crippen molar-refractivity contribution in [2.24, 2.45) is 10.2 Å². The monoisotopic (exact) mass is 435 g/mol. The van der Waals surface area contributed by atoms with Crippen LogP contribution in [0.3, 0.4) is 0 Å². The molecule has 0 radical (unpaired) electrons. The van der Waals surface area contributed by atoms with Crippen LogP contribution in [0.15, 0.2) is 45.0 Å². The molecule has 3 aromatic rings. The summed E-state index contributed by atoms with van der Waals surface area (Å²) in [6, 6.07) is 8.83. The van der Waals surface area contributed by atoms with Crippen LogP contribution in [-0.4, -0.2) is 22.6 Å². The van der Waals surface area contributed by atoms with Crippen molar-refractivity contribution in [2.75, 3.05) is 6.61 Å². The van der Waals surface area contributed by atoms with E-state index in [9.17, 15) is 9.90 Å². The van der Waals surface area contributed by atoms with Crippen molar-refractivity contribution >= 4 is 50.0 Å². The van der Waals surface area contributed by atoms with Crippen LogP contribution in [0, 0.1) is 13.8 Å². The van der Waals surface area contributed by atoms with Crippen molar-refractivity contribution in [3.05, 3.63) is 51.0 Å². The van der Waals surface area contributed by atoms with Crippen molar-refractivity contribution in [2.45, 2.75) is 13.8 Å². The Morgan fingerprint density at radius 2 is 2.04 bits per heavy atom. The third-order valence-electron chi connectivity index (χ3n) is 3.80. The highest BCUT2D eigenvalue weighted by atomic mass is 79.9. The van der Waals surface area contributed by atoms with E-state index in [4.69, 9.17) is 16.3 Å². The lowest BCUT2D eigenvalue weighted by molar-refractivity contribution is -0.120. The predicted molar refractivity (Wildman–Crippen MR) is 104 cm³/mol. The maximum atomic E-state index is 12.0. The zero-order valence-electron chi connectivity index (χ0n) is 14.0. The highest BCUT2D eigenvalue weighted by Gasteiger charge is 2.15. The van der Waals surface area contributed by atoms with Crippen LogP contribution < -0.4 is 4.74 Å². The quantitative estimate of drug-likeness (QED) is 0.522. The van der Waals surface area contributed by atoms with Gasteiger partial charge in [-0.3, -0.25) is 4.79 Å². The molecule has 0 unspecified atom stereocenters. The van der Waals surface area contributed by atoms with Gasteiger partial charge in [0.15, 0.2) is 12.3 Å². The highest BCUT2D eigenvalue weighted by Crippen LogP contribution is 2.41. The van der Waals surface area contributed by atoms with E-state index < -0.39 is 5.91 Å². The van der Waals surface area contributed by atoms with Gasteiger partial charge in [0, 0.05) is 14.9 Å². The van der Waals surface area contributed by atoms with Gasteiger partial charge in [0.25, 0.3) is 0 Å². The summed E-state index contributed by atoms with van der Waals surface area (Å²) in [5, 5.41) is 18.9. The first-order valence-electron chi connectivity index (χ1n) is 7.70. The molecule has 0 saturated heterocycles. The minimum absolute atomic E-state index is 0.155. The van der Waals surface area contributed by atoms with E-state index in [1.807, 2.05) is 26.0 Å². The number of amides is 1. The molecule has 8 heteroatoms. The summed E-state index contributed by atoms with van der Waals surface area (Å²) >= 11 is 9.36. The molecule has 0 aliphatic rings. The van der Waals surface area contributed by atoms with Crippen molar-refractivity contribution in [1.82, 2.24) is 4.98 Å². The molecule has 3 rings (SSSR count). The number of carbonyl (C=O) groups is 1. The van der Waals surface area contributed by atoms with Crippen LogP contribution in [0.25, 0.3) is 10.9 Å². The molecule has 1 aromatic heterocycles. The number of nitrogens with one attached hydrogen (secondary N) is 1. The number of hydrogen-bond acceptors (Lipinski definition) is 4. The molecule has 0 aliphatic carbocycles. The van der Waals surface area contributed by atoms with Crippen LogP contribution >= 0.6 is 27.5 Å². The molecular weight excluding hydrogens is 422 g/mol. The smallest absolute Gasteiger partial charge is 0.302 e. The second-order valence-electron chi connectivity index (χ2n) is 5.73. The van der Waals surface area contributed by atoms with Gasteiger partial charge in [-0.1, -0.05) is 17.7 Å². The van der Waals surface area contributed by atoms with Crippen LogP contribution in [0.1, 0.15) is 11.1 Å². The first-order valence-corrected chi connectivity index (χ1v) is 8.87. The SMILES string of the molecule is Cc1cc(Cl)ccc1OCC(=O)N=Nc1c(O)[nH]c2ccc(C)c(Br)c12. The van der Waals surface area contributed by atoms with E-state index in [-0.39, 0.29) is 18.2 Å². The lowest BCUT2D eigenvalue weighted by atomic mass is 10.1. The number of aromatic hydroxyl groups is 1. The van der Waals surface area contributed by atoms with Gasteiger partial charge in [0.05, 0.1) is 5.52 Å². The molecule has 0 bridgehead atoms. The number of hydrogen-bond donors (Lipinski definition) is 2. The first kappa shape index (κ1) is 18.4. The molecule has 26 heavy (non-hydrogen) atoms. The van der Waals surface area contributed by atoms with Crippen molar-refractivity contribution in [1.29, 1.82) is 0 Å². The number of aromatic amines is 1. The van der Waals surface area contributed by atoms with E-state index in [0.29, 0.717) is 21.7 Å². The first-order chi connectivity index (χ1) is 12.4. The van der Waals surface area contributed by atoms with Gasteiger partial charge >= 0.3 is 5.91 Å². The molecule has 6 nitrogen and oxygen atoms in total. The average Bonchev–Trinajstić information content (AvgIpc) is 2.91. The number of aromatic nitrogens is 1. The molecule has 1 amide bonds. The van der Waals surface area contributed by atoms with Gasteiger partial charge in [-0.2, -0.15) is 0 Å². The maximum Gasteiger partial charge on any atom is 0.302 e. The van der Waals surface area contributed by atoms with Crippen molar-refractivity contribution in [3.8, 4) is 11.6 Å². The summed E-state index contributed by atoms with van der Waals surface area (Å²) in [4.78, 5) is 14.8. The van der Waals surface area contributed by atoms with Crippen LogP contribution in [-0.2, 0) is 4.79 Å². The number of fused-ring (bicyclic) bond motifs is 1. The fourth-order valence-corrected chi connectivity index (χ4v) is 3.23. The highest BCUT2D eigenvalue weighted by molar-refractivity contribution is 9.10. The maximum absolute atomic E-state index is 12.0. The molecule has 0 saturated carbocycles. The van der Waals surface area contributed by atoms with E-state index in [0.717, 1.165) is 15.6 Å². The van der Waals surface area contributed by atoms with E-state index >= 15 is 0 Å². The fourth-order valence-electron chi connectivity index (χ4n) is 2.47. The summed E-state index contributed by atoms with van der Waals surface area (Å²) in [5.41, 5.74) is 2.68. The minimum atomic E-state index is -0.572. The number of H-pyrrole nitrogens is 1. The summed E-state index contributed by atoms with van der Waals surface area (Å²) in [7, 11) is 0. The third kappa shape index (κ3) is 3.73. The van der Waals surface area contributed by atoms with Gasteiger partial charge in [-0.05, 0) is 65.2 Å².